The average molecular weight is 386 g/mol. The van der Waals surface area contributed by atoms with Crippen molar-refractivity contribution in [2.24, 2.45) is 0 Å². The van der Waals surface area contributed by atoms with Gasteiger partial charge in [-0.05, 0) is 0 Å². The molecule has 0 saturated carbocycles. The van der Waals surface area contributed by atoms with Crippen LogP contribution in [0.2, 0.25) is 0 Å². The minimum absolute atomic E-state index is 0.267. The molecule has 2 aromatic rings. The largest absolute Gasteiger partial charge is 0.376 e. The highest BCUT2D eigenvalue weighted by atomic mass is 16.7. The Morgan fingerprint density at radius 3 is 1.39 bits per heavy atom. The van der Waals surface area contributed by atoms with Crippen molar-refractivity contribution >= 4 is 0 Å². The van der Waals surface area contributed by atoms with Crippen molar-refractivity contribution in [3.8, 4) is 0 Å². The van der Waals surface area contributed by atoms with Gasteiger partial charge in [-0.15, -0.1) is 0 Å². The van der Waals surface area contributed by atoms with Gasteiger partial charge in [0.25, 0.3) is 0 Å². The molecule has 0 N–H and O–H groups in total. The van der Waals surface area contributed by atoms with Gasteiger partial charge in [0.2, 0.25) is 0 Å². The van der Waals surface area contributed by atoms with Crippen molar-refractivity contribution in [3.05, 3.63) is 71.8 Å². The monoisotopic (exact) mass is 386 g/mol. The Bertz CT molecular complexity index is 661. The van der Waals surface area contributed by atoms with E-state index in [1.54, 1.807) is 14.2 Å². The maximum atomic E-state index is 6.32. The Labute approximate surface area is 165 Å². The second kappa shape index (κ2) is 9.13. The molecule has 0 bridgehead atoms. The fourth-order valence-corrected chi connectivity index (χ4v) is 3.65. The molecule has 0 aliphatic carbocycles. The molecule has 28 heavy (non-hydrogen) atoms. The molecule has 2 aliphatic rings. The summed E-state index contributed by atoms with van der Waals surface area (Å²) in [6.07, 6.45) is -2.20. The van der Waals surface area contributed by atoms with Crippen molar-refractivity contribution in [1.82, 2.24) is 0 Å². The summed E-state index contributed by atoms with van der Waals surface area (Å²) in [4.78, 5) is 0. The van der Waals surface area contributed by atoms with Crippen LogP contribution in [0.25, 0.3) is 0 Å². The fraction of sp³-hybridized carbons (Fsp3) is 0.455. The normalized spacial score (nSPS) is 33.5. The van der Waals surface area contributed by atoms with Gasteiger partial charge >= 0.3 is 0 Å². The Morgan fingerprint density at radius 1 is 0.643 bits per heavy atom. The van der Waals surface area contributed by atoms with Gasteiger partial charge in [-0.3, -0.25) is 0 Å². The lowest BCUT2D eigenvalue weighted by Gasteiger charge is -2.45. The average Bonchev–Trinajstić information content (AvgIpc) is 2.79. The quantitative estimate of drug-likeness (QED) is 0.786. The third-order valence-corrected chi connectivity index (χ3v) is 5.19. The van der Waals surface area contributed by atoms with E-state index in [0.29, 0.717) is 13.2 Å². The van der Waals surface area contributed by atoms with Crippen LogP contribution in [0.4, 0.5) is 0 Å². The molecule has 0 aromatic heterocycles. The van der Waals surface area contributed by atoms with Crippen molar-refractivity contribution < 1.29 is 28.4 Å². The van der Waals surface area contributed by atoms with E-state index in [2.05, 4.69) is 0 Å². The highest BCUT2D eigenvalue weighted by Gasteiger charge is 2.46. The maximum absolute atomic E-state index is 6.32. The summed E-state index contributed by atoms with van der Waals surface area (Å²) in [6.45, 7) is 0.821. The topological polar surface area (TPSA) is 55.4 Å². The van der Waals surface area contributed by atoms with E-state index in [-0.39, 0.29) is 24.4 Å². The van der Waals surface area contributed by atoms with Crippen LogP contribution in [0.1, 0.15) is 23.7 Å². The van der Waals surface area contributed by atoms with Gasteiger partial charge in [0.15, 0.2) is 12.6 Å². The van der Waals surface area contributed by atoms with Crippen LogP contribution >= 0.6 is 0 Å². The van der Waals surface area contributed by atoms with E-state index in [0.717, 1.165) is 11.1 Å². The number of hydrogen-bond donors (Lipinski definition) is 0. The number of rotatable bonds is 5. The van der Waals surface area contributed by atoms with Crippen LogP contribution in [-0.4, -0.2) is 51.8 Å². The zero-order chi connectivity index (χ0) is 19.3. The van der Waals surface area contributed by atoms with Gasteiger partial charge in [0.05, 0.1) is 13.2 Å². The van der Waals surface area contributed by atoms with Gasteiger partial charge in [-0.25, -0.2) is 0 Å². The smallest absolute Gasteiger partial charge is 0.184 e. The van der Waals surface area contributed by atoms with Gasteiger partial charge in [-0.2, -0.15) is 0 Å². The van der Waals surface area contributed by atoms with E-state index in [1.165, 1.54) is 0 Å². The zero-order valence-electron chi connectivity index (χ0n) is 16.1. The van der Waals surface area contributed by atoms with Crippen LogP contribution in [0.15, 0.2) is 60.7 Å². The van der Waals surface area contributed by atoms with E-state index >= 15 is 0 Å². The van der Waals surface area contributed by atoms with Crippen LogP contribution in [0.3, 0.4) is 0 Å². The number of benzene rings is 2. The third kappa shape index (κ3) is 4.12. The second-order valence-corrected chi connectivity index (χ2v) is 6.90. The van der Waals surface area contributed by atoms with Crippen LogP contribution in [0, 0.1) is 0 Å². The summed E-state index contributed by atoms with van der Waals surface area (Å²) in [5.41, 5.74) is 1.92. The van der Waals surface area contributed by atoms with Gasteiger partial charge < -0.3 is 28.4 Å². The van der Waals surface area contributed by atoms with E-state index in [1.807, 2.05) is 60.7 Å². The van der Waals surface area contributed by atoms with Crippen molar-refractivity contribution in [2.45, 2.75) is 37.0 Å². The van der Waals surface area contributed by atoms with Crippen LogP contribution < -0.4 is 0 Å². The molecule has 2 aliphatic heterocycles. The van der Waals surface area contributed by atoms with E-state index in [9.17, 15) is 0 Å². The van der Waals surface area contributed by atoms with Crippen molar-refractivity contribution in [1.29, 1.82) is 0 Å². The van der Waals surface area contributed by atoms with Crippen molar-refractivity contribution in [2.75, 3.05) is 27.4 Å². The number of hydrogen-bond acceptors (Lipinski definition) is 6. The molecule has 6 atom stereocenters. The molecule has 0 radical (unpaired) electrons. The lowest BCUT2D eigenvalue weighted by atomic mass is 10.00. The lowest BCUT2D eigenvalue weighted by Crippen LogP contribution is -2.56. The molecular formula is C22H26O6. The van der Waals surface area contributed by atoms with Crippen LogP contribution in [0.5, 0.6) is 0 Å². The first-order valence-corrected chi connectivity index (χ1v) is 9.49. The summed E-state index contributed by atoms with van der Waals surface area (Å²) in [7, 11) is 3.31. The first kappa shape index (κ1) is 19.5. The Kier molecular flexibility index (Phi) is 6.36. The summed E-state index contributed by atoms with van der Waals surface area (Å²) in [6, 6.07) is 19.7. The summed E-state index contributed by atoms with van der Waals surface area (Å²) >= 11 is 0. The van der Waals surface area contributed by atoms with Crippen molar-refractivity contribution in [3.63, 3.8) is 0 Å². The molecule has 2 heterocycles. The second-order valence-electron chi connectivity index (χ2n) is 6.90. The standard InChI is InChI=1S/C22H26O6/c1-23-17-13-25-21(15-9-5-3-6-10-15)27-19(17)20-18(24-2)14-26-22(28-20)16-11-7-4-8-12-16/h3-12,17-22H,13-14H2,1-2H3/t17-,18-,19-,20-,21?,22?/m1/s1. The zero-order valence-corrected chi connectivity index (χ0v) is 16.1. The Balaban J connectivity index is 1.56. The third-order valence-electron chi connectivity index (χ3n) is 5.19. The fourth-order valence-electron chi connectivity index (χ4n) is 3.65. The Morgan fingerprint density at radius 2 is 1.04 bits per heavy atom. The maximum Gasteiger partial charge on any atom is 0.184 e. The predicted molar refractivity (Wildman–Crippen MR) is 102 cm³/mol. The molecule has 6 heteroatoms. The summed E-state index contributed by atoms with van der Waals surface area (Å²) in [5.74, 6) is 0. The minimum Gasteiger partial charge on any atom is -0.376 e. The molecule has 2 fully saturated rings. The molecule has 4 rings (SSSR count). The Hall–Kier alpha value is -1.80. The first-order chi connectivity index (χ1) is 13.8. The van der Waals surface area contributed by atoms with Crippen LogP contribution in [-0.2, 0) is 28.4 Å². The number of methoxy groups -OCH3 is 2. The molecule has 0 spiro atoms. The molecular weight excluding hydrogens is 360 g/mol. The molecule has 2 aromatic carbocycles. The molecule has 0 amide bonds. The van der Waals surface area contributed by atoms with Gasteiger partial charge in [-0.1, -0.05) is 60.7 Å². The summed E-state index contributed by atoms with van der Waals surface area (Å²) < 4.78 is 35.7. The van der Waals surface area contributed by atoms with Gasteiger partial charge in [0.1, 0.15) is 24.4 Å². The summed E-state index contributed by atoms with van der Waals surface area (Å²) in [5, 5.41) is 0. The molecule has 2 unspecified atom stereocenters. The minimum atomic E-state index is -0.475. The SMILES string of the molecule is CO[C@@H]1COC(c2ccccc2)O[C@H]1[C@@H]1OC(c2ccccc2)OC[C@H]1OC. The first-order valence-electron chi connectivity index (χ1n) is 9.49. The molecule has 2 saturated heterocycles. The highest BCUT2D eigenvalue weighted by molar-refractivity contribution is 5.18. The predicted octanol–water partition coefficient (Wildman–Crippen LogP) is 3.24. The van der Waals surface area contributed by atoms with E-state index in [4.69, 9.17) is 28.4 Å². The number of ether oxygens (including phenoxy) is 6. The van der Waals surface area contributed by atoms with Gasteiger partial charge in [0, 0.05) is 25.3 Å². The highest BCUT2D eigenvalue weighted by Crippen LogP contribution is 2.36. The lowest BCUT2D eigenvalue weighted by molar-refractivity contribution is -0.336. The molecule has 150 valence electrons. The molecule has 6 nitrogen and oxygen atoms in total. The van der Waals surface area contributed by atoms with E-state index < -0.39 is 12.6 Å².